The van der Waals surface area contributed by atoms with Crippen LogP contribution in [0.25, 0.3) is 0 Å². The molecule has 0 radical (unpaired) electrons. The van der Waals surface area contributed by atoms with Crippen molar-refractivity contribution in [1.29, 1.82) is 0 Å². The molecule has 1 saturated heterocycles. The lowest BCUT2D eigenvalue weighted by atomic mass is 10.1. The summed E-state index contributed by atoms with van der Waals surface area (Å²) >= 11 is 0. The second kappa shape index (κ2) is 12.2. The van der Waals surface area contributed by atoms with E-state index < -0.39 is 0 Å². The molecule has 1 N–H and O–H groups in total. The lowest BCUT2D eigenvalue weighted by molar-refractivity contribution is -0.132. The Morgan fingerprint density at radius 2 is 1.65 bits per heavy atom. The predicted octanol–water partition coefficient (Wildman–Crippen LogP) is 2.96. The highest BCUT2D eigenvalue weighted by molar-refractivity contribution is 6.09. The van der Waals surface area contributed by atoms with Gasteiger partial charge in [-0.05, 0) is 56.7 Å². The van der Waals surface area contributed by atoms with Crippen molar-refractivity contribution in [3.63, 3.8) is 0 Å². The fraction of sp³-hybridized carbons (Fsp3) is 0.423. The van der Waals surface area contributed by atoms with Crippen LogP contribution in [-0.4, -0.2) is 85.3 Å². The number of nitrogens with one attached hydrogen (secondary N) is 1. The summed E-state index contributed by atoms with van der Waals surface area (Å²) in [5.74, 6) is 0.375. The first-order valence-corrected chi connectivity index (χ1v) is 11.8. The summed E-state index contributed by atoms with van der Waals surface area (Å²) in [5, 5.41) is 2.87. The van der Waals surface area contributed by atoms with E-state index in [-0.39, 0.29) is 17.7 Å². The summed E-state index contributed by atoms with van der Waals surface area (Å²) in [6.45, 7) is 8.29. The van der Waals surface area contributed by atoms with Crippen molar-refractivity contribution >= 4 is 23.4 Å². The lowest BCUT2D eigenvalue weighted by Gasteiger charge is -2.25. The molecule has 182 valence electrons. The SMILES string of the molecule is CCN(CC)C(=O)CN1CCCN(C(=O)c2ccccc2NC(=O)c2ccc(OC)cc2)CC1. The number of likely N-dealkylation sites (N-methyl/N-ethyl adjacent to an activating group) is 1. The van der Waals surface area contributed by atoms with Crippen molar-refractivity contribution in [3.05, 3.63) is 59.7 Å². The zero-order valence-corrected chi connectivity index (χ0v) is 20.3. The molecule has 0 bridgehead atoms. The Morgan fingerprint density at radius 3 is 2.32 bits per heavy atom. The summed E-state index contributed by atoms with van der Waals surface area (Å²) in [6, 6.07) is 13.9. The molecule has 3 amide bonds. The van der Waals surface area contributed by atoms with Crippen molar-refractivity contribution in [2.75, 3.05) is 58.2 Å². The minimum Gasteiger partial charge on any atom is -0.497 e. The van der Waals surface area contributed by atoms with Gasteiger partial charge in [0.25, 0.3) is 11.8 Å². The molecule has 2 aromatic carbocycles. The van der Waals surface area contributed by atoms with Gasteiger partial charge >= 0.3 is 0 Å². The van der Waals surface area contributed by atoms with Gasteiger partial charge in [0.15, 0.2) is 0 Å². The largest absolute Gasteiger partial charge is 0.497 e. The molecule has 0 unspecified atom stereocenters. The Hall–Kier alpha value is -3.39. The third-order valence-electron chi connectivity index (χ3n) is 6.11. The standard InChI is InChI=1S/C26H34N4O4/c1-4-29(5-2)24(31)19-28-15-8-16-30(18-17-28)26(33)22-9-6-7-10-23(22)27-25(32)20-11-13-21(34-3)14-12-20/h6-7,9-14H,4-5,8,15-19H2,1-3H3,(H,27,32). The van der Waals surface area contributed by atoms with Crippen LogP contribution < -0.4 is 10.1 Å². The van der Waals surface area contributed by atoms with E-state index in [4.69, 9.17) is 4.74 Å². The maximum Gasteiger partial charge on any atom is 0.256 e. The number of methoxy groups -OCH3 is 1. The average Bonchev–Trinajstić information content (AvgIpc) is 3.10. The van der Waals surface area contributed by atoms with Crippen molar-refractivity contribution < 1.29 is 19.1 Å². The molecular formula is C26H34N4O4. The molecule has 3 rings (SSSR count). The number of amides is 3. The predicted molar refractivity (Wildman–Crippen MR) is 132 cm³/mol. The molecule has 1 aliphatic rings. The molecule has 2 aromatic rings. The van der Waals surface area contributed by atoms with Gasteiger partial charge in [-0.2, -0.15) is 0 Å². The quantitative estimate of drug-likeness (QED) is 0.647. The van der Waals surface area contributed by atoms with Crippen molar-refractivity contribution in [3.8, 4) is 5.75 Å². The molecular weight excluding hydrogens is 432 g/mol. The van der Waals surface area contributed by atoms with Gasteiger partial charge in [-0.1, -0.05) is 12.1 Å². The van der Waals surface area contributed by atoms with E-state index in [0.29, 0.717) is 61.8 Å². The third-order valence-corrected chi connectivity index (χ3v) is 6.11. The molecule has 0 atom stereocenters. The molecule has 0 saturated carbocycles. The minimum absolute atomic E-state index is 0.122. The smallest absolute Gasteiger partial charge is 0.256 e. The maximum atomic E-state index is 13.4. The molecule has 1 aliphatic heterocycles. The fourth-order valence-electron chi connectivity index (χ4n) is 4.09. The Kier molecular flexibility index (Phi) is 9.04. The molecule has 8 heteroatoms. The summed E-state index contributed by atoms with van der Waals surface area (Å²) in [7, 11) is 1.57. The second-order valence-corrected chi connectivity index (χ2v) is 8.22. The van der Waals surface area contributed by atoms with Crippen LogP contribution in [0.2, 0.25) is 0 Å². The number of nitrogens with zero attached hydrogens (tertiary/aromatic N) is 3. The normalized spacial score (nSPS) is 14.3. The molecule has 1 fully saturated rings. The number of rotatable bonds is 8. The highest BCUT2D eigenvalue weighted by atomic mass is 16.5. The van der Waals surface area contributed by atoms with Crippen LogP contribution in [0.5, 0.6) is 5.75 Å². The van der Waals surface area contributed by atoms with Crippen molar-refractivity contribution in [2.24, 2.45) is 0 Å². The van der Waals surface area contributed by atoms with Gasteiger partial charge in [0.05, 0.1) is 24.9 Å². The summed E-state index contributed by atoms with van der Waals surface area (Å²) in [6.07, 6.45) is 0.789. The van der Waals surface area contributed by atoms with Gasteiger partial charge in [-0.25, -0.2) is 0 Å². The molecule has 1 heterocycles. The number of hydrogen-bond donors (Lipinski definition) is 1. The molecule has 0 aromatic heterocycles. The molecule has 0 aliphatic carbocycles. The zero-order chi connectivity index (χ0) is 24.5. The number of ether oxygens (including phenoxy) is 1. The highest BCUT2D eigenvalue weighted by Crippen LogP contribution is 2.20. The monoisotopic (exact) mass is 466 g/mol. The number of anilines is 1. The van der Waals surface area contributed by atoms with Gasteiger partial charge in [0.2, 0.25) is 5.91 Å². The van der Waals surface area contributed by atoms with Crippen molar-refractivity contribution in [1.82, 2.24) is 14.7 Å². The van der Waals surface area contributed by atoms with E-state index in [1.54, 1.807) is 60.5 Å². The van der Waals surface area contributed by atoms with Crippen LogP contribution in [-0.2, 0) is 4.79 Å². The number of para-hydroxylation sites is 1. The number of carbonyl (C=O) groups is 3. The average molecular weight is 467 g/mol. The van der Waals surface area contributed by atoms with E-state index in [1.165, 1.54) is 0 Å². The number of hydrogen-bond acceptors (Lipinski definition) is 5. The number of benzene rings is 2. The zero-order valence-electron chi connectivity index (χ0n) is 20.3. The van der Waals surface area contributed by atoms with Gasteiger partial charge in [0, 0.05) is 44.8 Å². The molecule has 8 nitrogen and oxygen atoms in total. The van der Waals surface area contributed by atoms with Gasteiger partial charge in [0.1, 0.15) is 5.75 Å². The first-order valence-electron chi connectivity index (χ1n) is 11.8. The summed E-state index contributed by atoms with van der Waals surface area (Å²) in [5.41, 5.74) is 1.41. The van der Waals surface area contributed by atoms with Crippen LogP contribution in [0, 0.1) is 0 Å². The first-order chi connectivity index (χ1) is 16.5. The van der Waals surface area contributed by atoms with E-state index in [0.717, 1.165) is 13.0 Å². The maximum absolute atomic E-state index is 13.4. The topological polar surface area (TPSA) is 82.2 Å². The number of carbonyl (C=O) groups excluding carboxylic acids is 3. The Morgan fingerprint density at radius 1 is 0.941 bits per heavy atom. The van der Waals surface area contributed by atoms with E-state index >= 15 is 0 Å². The van der Waals surface area contributed by atoms with Crippen LogP contribution in [0.1, 0.15) is 41.0 Å². The van der Waals surface area contributed by atoms with E-state index in [1.807, 2.05) is 18.7 Å². The first kappa shape index (κ1) is 25.2. The van der Waals surface area contributed by atoms with Gasteiger partial charge in [-0.15, -0.1) is 0 Å². The van der Waals surface area contributed by atoms with Crippen LogP contribution in [0.3, 0.4) is 0 Å². The van der Waals surface area contributed by atoms with Gasteiger partial charge in [-0.3, -0.25) is 19.3 Å². The third kappa shape index (κ3) is 6.35. The molecule has 0 spiro atoms. The minimum atomic E-state index is -0.292. The summed E-state index contributed by atoms with van der Waals surface area (Å²) in [4.78, 5) is 44.4. The highest BCUT2D eigenvalue weighted by Gasteiger charge is 2.24. The fourth-order valence-corrected chi connectivity index (χ4v) is 4.09. The van der Waals surface area contributed by atoms with Crippen LogP contribution >= 0.6 is 0 Å². The van der Waals surface area contributed by atoms with Crippen LogP contribution in [0.15, 0.2) is 48.5 Å². The Labute approximate surface area is 201 Å². The van der Waals surface area contributed by atoms with E-state index in [9.17, 15) is 14.4 Å². The van der Waals surface area contributed by atoms with Crippen molar-refractivity contribution in [2.45, 2.75) is 20.3 Å². The summed E-state index contributed by atoms with van der Waals surface area (Å²) < 4.78 is 5.14. The van der Waals surface area contributed by atoms with E-state index in [2.05, 4.69) is 10.2 Å². The Balaban J connectivity index is 1.65. The molecule has 34 heavy (non-hydrogen) atoms. The lowest BCUT2D eigenvalue weighted by Crippen LogP contribution is -2.42. The Bertz CT molecular complexity index is 989. The second-order valence-electron chi connectivity index (χ2n) is 8.22. The van der Waals surface area contributed by atoms with Crippen LogP contribution in [0.4, 0.5) is 5.69 Å². The van der Waals surface area contributed by atoms with Gasteiger partial charge < -0.3 is 19.9 Å².